The van der Waals surface area contributed by atoms with Gasteiger partial charge in [0.15, 0.2) is 5.60 Å². The number of nitrogens with zero attached hydrogens (tertiary/aromatic N) is 3. The number of aliphatic carboxylic acids is 3. The molecular weight excluding hydrogens is 781 g/mol. The molecule has 1 heterocycles. The summed E-state index contributed by atoms with van der Waals surface area (Å²) >= 11 is 14.5. The number of likely N-dealkylation sites (tertiary alicyclic amines) is 1. The molecule has 1 aliphatic heterocycles. The van der Waals surface area contributed by atoms with Crippen LogP contribution in [0.4, 0.5) is 0 Å². The van der Waals surface area contributed by atoms with Crippen LogP contribution in [0, 0.1) is 11.3 Å². The van der Waals surface area contributed by atoms with Gasteiger partial charge in [-0.05, 0) is 103 Å². The Kier molecular flexibility index (Phi) is 17.2. The zero-order chi connectivity index (χ0) is 40.3. The fourth-order valence-electron chi connectivity index (χ4n) is 6.82. The van der Waals surface area contributed by atoms with E-state index in [0.717, 1.165) is 55.2 Å². The summed E-state index contributed by atoms with van der Waals surface area (Å²) in [6, 6.07) is 28.0. The van der Waals surface area contributed by atoms with Gasteiger partial charge < -0.3 is 35.7 Å². The third kappa shape index (κ3) is 12.2. The van der Waals surface area contributed by atoms with Gasteiger partial charge in [-0.2, -0.15) is 5.26 Å². The molecule has 0 aromatic heterocycles. The van der Waals surface area contributed by atoms with Crippen molar-refractivity contribution in [3.05, 3.63) is 111 Å². The van der Waals surface area contributed by atoms with E-state index in [2.05, 4.69) is 41.5 Å². The van der Waals surface area contributed by atoms with Gasteiger partial charge in [-0.3, -0.25) is 14.4 Å². The number of hydrogen-bond acceptors (Lipinski definition) is 8. The third-order valence-electron chi connectivity index (χ3n) is 9.72. The minimum atomic E-state index is -2.74. The number of carboxylic acids is 3. The standard InChI is InChI=1S/C35H35Cl2N3OS.C6H8O7.H2O/c1-39(35(41)31-20-24(22-38)19-27-7-3-4-8-29(27)31)23-28(26-11-12-32(36)33(37)21-26)15-18-40-16-13-25(14-17-40)30-9-5-6-10-34(30)42-2;7-3(8)1-6(13,5(11)12)2-4(9)10;/h3-12,19-21,25,28H,13-18,23H2,1-2H3;13H,1-2H2,(H,7,8)(H,9,10)(H,11,12);1H2/t28-;;/m1../s1. The number of benzene rings is 4. The van der Waals surface area contributed by atoms with E-state index in [9.17, 15) is 24.4 Å². The lowest BCUT2D eigenvalue weighted by atomic mass is 9.88. The maximum Gasteiger partial charge on any atom is 0.336 e. The van der Waals surface area contributed by atoms with E-state index >= 15 is 0 Å². The van der Waals surface area contributed by atoms with Crippen LogP contribution in [0.3, 0.4) is 0 Å². The van der Waals surface area contributed by atoms with E-state index in [1.54, 1.807) is 11.0 Å². The van der Waals surface area contributed by atoms with Gasteiger partial charge in [0, 0.05) is 30.0 Å². The zero-order valence-corrected chi connectivity index (χ0v) is 33.3. The first-order chi connectivity index (χ1) is 26.1. The van der Waals surface area contributed by atoms with Crippen LogP contribution in [0.15, 0.2) is 83.8 Å². The molecule has 0 radical (unpaired) electrons. The van der Waals surface area contributed by atoms with Gasteiger partial charge in [0.05, 0.1) is 34.5 Å². The first kappa shape index (κ1) is 45.7. The summed E-state index contributed by atoms with van der Waals surface area (Å²) in [4.78, 5) is 50.0. The highest BCUT2D eigenvalue weighted by atomic mass is 35.5. The number of halogens is 2. The SMILES string of the molecule is CSc1ccccc1C1CCN(CC[C@H](CN(C)C(=O)c2cc(C#N)cc3ccccc23)c2ccc(Cl)c(Cl)c2)CC1.O.O=C(O)CC(O)(CC(=O)O)C(=O)O. The van der Waals surface area contributed by atoms with Gasteiger partial charge in [0.25, 0.3) is 5.91 Å². The lowest BCUT2D eigenvalue weighted by Gasteiger charge is -2.34. The van der Waals surface area contributed by atoms with E-state index in [1.807, 2.05) is 67.3 Å². The highest BCUT2D eigenvalue weighted by Crippen LogP contribution is 2.35. The summed E-state index contributed by atoms with van der Waals surface area (Å²) in [5.74, 6) is -4.44. The maximum atomic E-state index is 13.8. The van der Waals surface area contributed by atoms with Crippen LogP contribution in [-0.4, -0.2) is 105 Å². The number of carbonyl (C=O) groups excluding carboxylic acids is 1. The Hall–Kier alpha value is -4.68. The van der Waals surface area contributed by atoms with Crippen LogP contribution >= 0.6 is 35.0 Å². The molecule has 6 N–H and O–H groups in total. The summed E-state index contributed by atoms with van der Waals surface area (Å²) in [5.41, 5.74) is 0.843. The molecule has 4 aromatic carbocycles. The van der Waals surface area contributed by atoms with Crippen LogP contribution in [0.25, 0.3) is 10.8 Å². The Morgan fingerprint density at radius 3 is 2.14 bits per heavy atom. The molecule has 5 rings (SSSR count). The number of amides is 1. The zero-order valence-electron chi connectivity index (χ0n) is 31.0. The second-order valence-electron chi connectivity index (χ2n) is 13.5. The second kappa shape index (κ2) is 21.0. The summed E-state index contributed by atoms with van der Waals surface area (Å²) < 4.78 is 0. The van der Waals surface area contributed by atoms with E-state index in [0.29, 0.717) is 33.6 Å². The molecule has 0 bridgehead atoms. The molecule has 4 aromatic rings. The second-order valence-corrected chi connectivity index (χ2v) is 15.2. The van der Waals surface area contributed by atoms with Crippen LogP contribution < -0.4 is 0 Å². The van der Waals surface area contributed by atoms with Crippen LogP contribution in [0.1, 0.15) is 71.0 Å². The molecular formula is C41H45Cl2N3O9S. The number of hydrogen-bond donors (Lipinski definition) is 4. The van der Waals surface area contributed by atoms with Crippen molar-refractivity contribution in [2.45, 2.75) is 54.4 Å². The summed E-state index contributed by atoms with van der Waals surface area (Å²) in [6.45, 7) is 3.59. The number of thioether (sulfide) groups is 1. The summed E-state index contributed by atoms with van der Waals surface area (Å²) in [6.07, 6.45) is 3.05. The number of rotatable bonds is 14. The number of piperidine rings is 1. The average Bonchev–Trinajstić information content (AvgIpc) is 3.16. The molecule has 1 saturated heterocycles. The van der Waals surface area contributed by atoms with Crippen LogP contribution in [-0.2, 0) is 14.4 Å². The molecule has 56 heavy (non-hydrogen) atoms. The van der Waals surface area contributed by atoms with Crippen molar-refractivity contribution in [2.24, 2.45) is 0 Å². The summed E-state index contributed by atoms with van der Waals surface area (Å²) in [7, 11) is 1.84. The number of likely N-dealkylation sites (N-methyl/N-ethyl adjacent to an activating group) is 1. The first-order valence-corrected chi connectivity index (χ1v) is 19.5. The van der Waals surface area contributed by atoms with E-state index in [4.69, 9.17) is 43.6 Å². The lowest BCUT2D eigenvalue weighted by Crippen LogP contribution is -2.42. The highest BCUT2D eigenvalue weighted by molar-refractivity contribution is 7.98. The van der Waals surface area contributed by atoms with Crippen LogP contribution in [0.5, 0.6) is 0 Å². The molecule has 0 saturated carbocycles. The van der Waals surface area contributed by atoms with Gasteiger partial charge in [-0.1, -0.05) is 71.7 Å². The van der Waals surface area contributed by atoms with Gasteiger partial charge in [0.1, 0.15) is 0 Å². The molecule has 0 unspecified atom stereocenters. The number of aliphatic hydroxyl groups is 1. The number of carboxylic acid groups (broad SMARTS) is 3. The number of nitriles is 1. The van der Waals surface area contributed by atoms with Crippen LogP contribution in [0.2, 0.25) is 10.0 Å². The van der Waals surface area contributed by atoms with Crippen molar-refractivity contribution >= 4 is 69.6 Å². The van der Waals surface area contributed by atoms with Gasteiger partial charge in [-0.25, -0.2) is 4.79 Å². The van der Waals surface area contributed by atoms with E-state index < -0.39 is 36.4 Å². The quantitative estimate of drug-likeness (QED) is 0.0972. The van der Waals surface area contributed by atoms with E-state index in [1.165, 1.54) is 10.5 Å². The molecule has 0 spiro atoms. The molecule has 0 aliphatic carbocycles. The predicted octanol–water partition coefficient (Wildman–Crippen LogP) is 6.79. The fraction of sp³-hybridized carbons (Fsp3) is 0.341. The Morgan fingerprint density at radius 1 is 0.929 bits per heavy atom. The molecule has 298 valence electrons. The molecule has 1 amide bonds. The molecule has 1 aliphatic rings. The van der Waals surface area contributed by atoms with Crippen molar-refractivity contribution in [3.8, 4) is 6.07 Å². The van der Waals surface area contributed by atoms with Gasteiger partial charge in [0.2, 0.25) is 0 Å². The molecule has 15 heteroatoms. The smallest absolute Gasteiger partial charge is 0.336 e. The monoisotopic (exact) mass is 825 g/mol. The van der Waals surface area contributed by atoms with Crippen molar-refractivity contribution in [2.75, 3.05) is 39.5 Å². The van der Waals surface area contributed by atoms with E-state index in [-0.39, 0.29) is 17.3 Å². The Morgan fingerprint density at radius 2 is 1.55 bits per heavy atom. The third-order valence-corrected chi connectivity index (χ3v) is 11.3. The van der Waals surface area contributed by atoms with Gasteiger partial charge in [-0.15, -0.1) is 11.8 Å². The number of carbonyl (C=O) groups is 4. The minimum Gasteiger partial charge on any atom is -0.481 e. The molecule has 1 atom stereocenters. The maximum absolute atomic E-state index is 13.8. The fourth-order valence-corrected chi connectivity index (χ4v) is 7.82. The normalized spacial score (nSPS) is 13.7. The lowest BCUT2D eigenvalue weighted by molar-refractivity contribution is -0.170. The summed E-state index contributed by atoms with van der Waals surface area (Å²) in [5, 5.41) is 46.2. The first-order valence-electron chi connectivity index (χ1n) is 17.5. The Bertz CT molecular complexity index is 2050. The number of fused-ring (bicyclic) bond motifs is 1. The van der Waals surface area contributed by atoms with Crippen molar-refractivity contribution in [1.29, 1.82) is 5.26 Å². The minimum absolute atomic E-state index is 0. The molecule has 12 nitrogen and oxygen atoms in total. The van der Waals surface area contributed by atoms with Crippen molar-refractivity contribution < 1.29 is 45.1 Å². The molecule has 1 fully saturated rings. The highest BCUT2D eigenvalue weighted by Gasteiger charge is 2.40. The average molecular weight is 827 g/mol. The largest absolute Gasteiger partial charge is 0.481 e. The Labute approximate surface area is 339 Å². The van der Waals surface area contributed by atoms with Crippen molar-refractivity contribution in [3.63, 3.8) is 0 Å². The van der Waals surface area contributed by atoms with Gasteiger partial charge >= 0.3 is 17.9 Å². The van der Waals surface area contributed by atoms with Crippen molar-refractivity contribution in [1.82, 2.24) is 9.80 Å². The topological polar surface area (TPSA) is 211 Å². The predicted molar refractivity (Wildman–Crippen MR) is 217 cm³/mol. The Balaban J connectivity index is 0.000000517.